The van der Waals surface area contributed by atoms with E-state index in [0.717, 1.165) is 32.4 Å². The molecule has 0 aromatic carbocycles. The quantitative estimate of drug-likeness (QED) is 0.698. The highest BCUT2D eigenvalue weighted by molar-refractivity contribution is 5.87. The summed E-state index contributed by atoms with van der Waals surface area (Å²) in [5, 5.41) is 15.3. The minimum atomic E-state index is -0.971. The predicted molar refractivity (Wildman–Crippen MR) is 71.7 cm³/mol. The van der Waals surface area contributed by atoms with Gasteiger partial charge in [0.25, 0.3) is 0 Å². The van der Waals surface area contributed by atoms with Gasteiger partial charge in [-0.1, -0.05) is 6.92 Å². The lowest BCUT2D eigenvalue weighted by Gasteiger charge is -2.38. The third kappa shape index (κ3) is 3.26. The Balaban J connectivity index is 1.81. The van der Waals surface area contributed by atoms with Crippen LogP contribution in [0.5, 0.6) is 0 Å². The molecule has 1 aliphatic carbocycles. The van der Waals surface area contributed by atoms with Crippen LogP contribution in [-0.2, 0) is 9.59 Å². The lowest BCUT2D eigenvalue weighted by molar-refractivity contribution is -0.152. The topological polar surface area (TPSA) is 78.4 Å². The van der Waals surface area contributed by atoms with Gasteiger partial charge in [0.2, 0.25) is 5.91 Å². The van der Waals surface area contributed by atoms with Crippen LogP contribution in [0.25, 0.3) is 0 Å². The van der Waals surface area contributed by atoms with Gasteiger partial charge in [0.1, 0.15) is 5.54 Å². The number of amides is 1. The molecule has 0 radical (unpaired) electrons. The van der Waals surface area contributed by atoms with Gasteiger partial charge in [-0.3, -0.25) is 4.79 Å². The first-order valence-corrected chi connectivity index (χ1v) is 7.29. The van der Waals surface area contributed by atoms with Gasteiger partial charge < -0.3 is 15.7 Å². The summed E-state index contributed by atoms with van der Waals surface area (Å²) in [4.78, 5) is 23.2. The molecule has 1 saturated heterocycles. The Morgan fingerprint density at radius 3 is 2.63 bits per heavy atom. The maximum atomic E-state index is 12.0. The number of carboxylic acid groups (broad SMARTS) is 1. The molecule has 3 N–H and O–H groups in total. The van der Waals surface area contributed by atoms with Crippen molar-refractivity contribution in [3.8, 4) is 0 Å². The first-order valence-electron chi connectivity index (χ1n) is 7.29. The Morgan fingerprint density at radius 2 is 2.16 bits per heavy atom. The maximum absolute atomic E-state index is 12.0. The van der Waals surface area contributed by atoms with Gasteiger partial charge >= 0.3 is 5.97 Å². The largest absolute Gasteiger partial charge is 0.480 e. The molecule has 1 aliphatic heterocycles. The Morgan fingerprint density at radius 1 is 1.42 bits per heavy atom. The summed E-state index contributed by atoms with van der Waals surface area (Å²) < 4.78 is 0. The molecule has 0 bridgehead atoms. The molecule has 2 aliphatic rings. The van der Waals surface area contributed by atoms with Crippen molar-refractivity contribution in [3.63, 3.8) is 0 Å². The van der Waals surface area contributed by atoms with Crippen LogP contribution in [0.2, 0.25) is 0 Å². The molecule has 5 heteroatoms. The fourth-order valence-electron chi connectivity index (χ4n) is 3.06. The fourth-order valence-corrected chi connectivity index (χ4v) is 3.06. The monoisotopic (exact) mass is 268 g/mol. The predicted octanol–water partition coefficient (Wildman–Crippen LogP) is 1.14. The average Bonchev–Trinajstić information content (AvgIpc) is 2.34. The third-order valence-corrected chi connectivity index (χ3v) is 4.64. The van der Waals surface area contributed by atoms with Crippen molar-refractivity contribution in [1.82, 2.24) is 10.6 Å². The summed E-state index contributed by atoms with van der Waals surface area (Å²) in [7, 11) is 0. The van der Waals surface area contributed by atoms with Gasteiger partial charge in [0.15, 0.2) is 0 Å². The summed E-state index contributed by atoms with van der Waals surface area (Å²) in [5.41, 5.74) is -0.971. The zero-order valence-electron chi connectivity index (χ0n) is 11.6. The van der Waals surface area contributed by atoms with Crippen molar-refractivity contribution < 1.29 is 14.7 Å². The van der Waals surface area contributed by atoms with Crippen molar-refractivity contribution >= 4 is 11.9 Å². The highest BCUT2D eigenvalue weighted by atomic mass is 16.4. The number of piperidine rings is 1. The highest BCUT2D eigenvalue weighted by Gasteiger charge is 2.45. The highest BCUT2D eigenvalue weighted by Crippen LogP contribution is 2.32. The minimum absolute atomic E-state index is 0.111. The fraction of sp³-hybridized carbons (Fsp3) is 0.857. The summed E-state index contributed by atoms with van der Waals surface area (Å²) in [6.45, 7) is 4.13. The number of aliphatic carboxylic acids is 1. The Kier molecular flexibility index (Phi) is 4.45. The number of carboxylic acids is 1. The van der Waals surface area contributed by atoms with Crippen molar-refractivity contribution in [2.45, 2.75) is 51.0 Å². The molecule has 0 spiro atoms. The SMILES string of the molecule is CC(CC(=O)NC1(C(=O)O)CCC1)C1CCCNC1. The van der Waals surface area contributed by atoms with Crippen LogP contribution >= 0.6 is 0 Å². The van der Waals surface area contributed by atoms with Gasteiger partial charge in [-0.15, -0.1) is 0 Å². The Hall–Kier alpha value is -1.10. The number of hydrogen-bond acceptors (Lipinski definition) is 3. The molecular weight excluding hydrogens is 244 g/mol. The first-order chi connectivity index (χ1) is 9.03. The van der Waals surface area contributed by atoms with E-state index in [1.54, 1.807) is 0 Å². The van der Waals surface area contributed by atoms with E-state index in [2.05, 4.69) is 17.6 Å². The molecule has 19 heavy (non-hydrogen) atoms. The molecule has 5 nitrogen and oxygen atoms in total. The number of nitrogens with one attached hydrogen (secondary N) is 2. The number of rotatable bonds is 5. The van der Waals surface area contributed by atoms with Gasteiger partial charge in [0.05, 0.1) is 0 Å². The number of carbonyl (C=O) groups is 2. The lowest BCUT2D eigenvalue weighted by Crippen LogP contribution is -2.59. The second-order valence-corrected chi connectivity index (χ2v) is 6.08. The molecule has 2 unspecified atom stereocenters. The van der Waals surface area contributed by atoms with E-state index in [4.69, 9.17) is 0 Å². The summed E-state index contributed by atoms with van der Waals surface area (Å²) in [5.74, 6) is -0.167. The first kappa shape index (κ1) is 14.3. The lowest BCUT2D eigenvalue weighted by atomic mass is 9.76. The molecule has 0 aromatic heterocycles. The van der Waals surface area contributed by atoms with E-state index in [0.29, 0.717) is 31.1 Å². The second-order valence-electron chi connectivity index (χ2n) is 6.08. The summed E-state index contributed by atoms with van der Waals surface area (Å²) >= 11 is 0. The molecule has 1 amide bonds. The Bertz CT molecular complexity index is 347. The van der Waals surface area contributed by atoms with Crippen LogP contribution in [0, 0.1) is 11.8 Å². The Labute approximate surface area is 114 Å². The molecule has 2 fully saturated rings. The average molecular weight is 268 g/mol. The van der Waals surface area contributed by atoms with Crippen molar-refractivity contribution in [2.24, 2.45) is 11.8 Å². The molecule has 108 valence electrons. The molecular formula is C14H24N2O3. The van der Waals surface area contributed by atoms with Crippen LogP contribution in [0.1, 0.15) is 45.4 Å². The second kappa shape index (κ2) is 5.90. The van der Waals surface area contributed by atoms with Crippen LogP contribution in [0.4, 0.5) is 0 Å². The normalized spacial score (nSPS) is 27.1. The van der Waals surface area contributed by atoms with Crippen LogP contribution in [0.3, 0.4) is 0 Å². The van der Waals surface area contributed by atoms with E-state index < -0.39 is 11.5 Å². The zero-order chi connectivity index (χ0) is 13.9. The minimum Gasteiger partial charge on any atom is -0.480 e. The van der Waals surface area contributed by atoms with Gasteiger partial charge in [-0.05, 0) is 57.0 Å². The number of hydrogen-bond donors (Lipinski definition) is 3. The molecule has 1 heterocycles. The zero-order valence-corrected chi connectivity index (χ0v) is 11.6. The van der Waals surface area contributed by atoms with E-state index >= 15 is 0 Å². The van der Waals surface area contributed by atoms with E-state index in [1.165, 1.54) is 0 Å². The van der Waals surface area contributed by atoms with Crippen LogP contribution < -0.4 is 10.6 Å². The van der Waals surface area contributed by atoms with Gasteiger partial charge in [-0.25, -0.2) is 4.79 Å². The summed E-state index contributed by atoms with van der Waals surface area (Å²) in [6, 6.07) is 0. The van der Waals surface area contributed by atoms with Gasteiger partial charge in [-0.2, -0.15) is 0 Å². The van der Waals surface area contributed by atoms with E-state index in [-0.39, 0.29) is 5.91 Å². The van der Waals surface area contributed by atoms with Crippen molar-refractivity contribution in [3.05, 3.63) is 0 Å². The van der Waals surface area contributed by atoms with E-state index in [9.17, 15) is 14.7 Å². The standard InChI is InChI=1S/C14H24N2O3/c1-10(11-4-2-7-15-9-11)8-12(17)16-14(13(18)19)5-3-6-14/h10-11,15H,2-9H2,1H3,(H,16,17)(H,18,19). The summed E-state index contributed by atoms with van der Waals surface area (Å²) in [6.07, 6.45) is 4.76. The van der Waals surface area contributed by atoms with E-state index in [1.807, 2.05) is 0 Å². The smallest absolute Gasteiger partial charge is 0.329 e. The van der Waals surface area contributed by atoms with Crippen molar-refractivity contribution in [2.75, 3.05) is 13.1 Å². The third-order valence-electron chi connectivity index (χ3n) is 4.64. The molecule has 2 atom stereocenters. The van der Waals surface area contributed by atoms with Crippen molar-refractivity contribution in [1.29, 1.82) is 0 Å². The maximum Gasteiger partial charge on any atom is 0.329 e. The van der Waals surface area contributed by atoms with Gasteiger partial charge in [0, 0.05) is 6.42 Å². The molecule has 2 rings (SSSR count). The van der Waals surface area contributed by atoms with Crippen LogP contribution in [0.15, 0.2) is 0 Å². The molecule has 1 saturated carbocycles. The number of carbonyl (C=O) groups excluding carboxylic acids is 1. The molecule has 0 aromatic rings. The van der Waals surface area contributed by atoms with Crippen LogP contribution in [-0.4, -0.2) is 35.6 Å².